The SMILES string of the molecule is O=C(CSc1ccc([N+](=O)[O-])cc1)OCc1ccccc1Br. The number of nitro benzene ring substituents is 1. The minimum atomic E-state index is -0.458. The Morgan fingerprint density at radius 3 is 2.50 bits per heavy atom. The average molecular weight is 382 g/mol. The number of ether oxygens (including phenoxy) is 1. The molecule has 0 aliphatic rings. The van der Waals surface area contributed by atoms with Crippen molar-refractivity contribution in [3.8, 4) is 0 Å². The third-order valence-corrected chi connectivity index (χ3v) is 4.51. The van der Waals surface area contributed by atoms with E-state index >= 15 is 0 Å². The maximum Gasteiger partial charge on any atom is 0.316 e. The van der Waals surface area contributed by atoms with Crippen LogP contribution >= 0.6 is 27.7 Å². The van der Waals surface area contributed by atoms with Gasteiger partial charge in [0.25, 0.3) is 5.69 Å². The highest BCUT2D eigenvalue weighted by molar-refractivity contribution is 9.10. The molecule has 2 aromatic rings. The molecule has 2 rings (SSSR count). The van der Waals surface area contributed by atoms with Crippen LogP contribution in [0.3, 0.4) is 0 Å². The second kappa shape index (κ2) is 7.95. The molecule has 0 fully saturated rings. The Morgan fingerprint density at radius 1 is 1.18 bits per heavy atom. The van der Waals surface area contributed by atoms with Gasteiger partial charge in [-0.15, -0.1) is 11.8 Å². The van der Waals surface area contributed by atoms with Crippen LogP contribution in [0.5, 0.6) is 0 Å². The van der Waals surface area contributed by atoms with Gasteiger partial charge >= 0.3 is 5.97 Å². The van der Waals surface area contributed by atoms with Gasteiger partial charge in [0, 0.05) is 27.1 Å². The summed E-state index contributed by atoms with van der Waals surface area (Å²) in [7, 11) is 0. The molecule has 0 spiro atoms. The molecule has 7 heteroatoms. The Morgan fingerprint density at radius 2 is 1.86 bits per heavy atom. The van der Waals surface area contributed by atoms with Gasteiger partial charge in [0.1, 0.15) is 6.61 Å². The van der Waals surface area contributed by atoms with E-state index in [0.717, 1.165) is 14.9 Å². The van der Waals surface area contributed by atoms with Crippen molar-refractivity contribution < 1.29 is 14.5 Å². The van der Waals surface area contributed by atoms with Crippen molar-refractivity contribution in [1.29, 1.82) is 0 Å². The molecule has 0 atom stereocenters. The monoisotopic (exact) mass is 381 g/mol. The molecule has 22 heavy (non-hydrogen) atoms. The molecule has 0 saturated heterocycles. The molecule has 0 unspecified atom stereocenters. The van der Waals surface area contributed by atoms with E-state index < -0.39 is 4.92 Å². The third-order valence-electron chi connectivity index (χ3n) is 2.75. The first-order valence-corrected chi connectivity index (χ1v) is 8.10. The first-order chi connectivity index (χ1) is 10.6. The highest BCUT2D eigenvalue weighted by Gasteiger charge is 2.08. The number of thioether (sulfide) groups is 1. The lowest BCUT2D eigenvalue weighted by Crippen LogP contribution is -2.07. The topological polar surface area (TPSA) is 69.4 Å². The predicted octanol–water partition coefficient (Wildman–Crippen LogP) is 4.19. The Balaban J connectivity index is 1.80. The number of nitrogens with zero attached hydrogens (tertiary/aromatic N) is 1. The Labute approximate surface area is 140 Å². The van der Waals surface area contributed by atoms with E-state index in [2.05, 4.69) is 15.9 Å². The maximum atomic E-state index is 11.7. The fourth-order valence-electron chi connectivity index (χ4n) is 1.62. The van der Waals surface area contributed by atoms with E-state index in [4.69, 9.17) is 4.74 Å². The molecule has 0 radical (unpaired) electrons. The molecule has 0 aliphatic carbocycles. The summed E-state index contributed by atoms with van der Waals surface area (Å²) in [5.74, 6) is -0.179. The molecule has 0 N–H and O–H groups in total. The normalized spacial score (nSPS) is 10.2. The summed E-state index contributed by atoms with van der Waals surface area (Å²) < 4.78 is 6.09. The molecule has 0 saturated carbocycles. The second-order valence-corrected chi connectivity index (χ2v) is 6.19. The number of halogens is 1. The fraction of sp³-hybridized carbons (Fsp3) is 0.133. The highest BCUT2D eigenvalue weighted by Crippen LogP contribution is 2.22. The molecule has 0 aliphatic heterocycles. The summed E-state index contributed by atoms with van der Waals surface area (Å²) in [6, 6.07) is 13.6. The highest BCUT2D eigenvalue weighted by atomic mass is 79.9. The second-order valence-electron chi connectivity index (χ2n) is 4.29. The van der Waals surface area contributed by atoms with Crippen molar-refractivity contribution in [3.05, 3.63) is 68.7 Å². The van der Waals surface area contributed by atoms with Crippen molar-refractivity contribution in [3.63, 3.8) is 0 Å². The van der Waals surface area contributed by atoms with Crippen molar-refractivity contribution in [1.82, 2.24) is 0 Å². The van der Waals surface area contributed by atoms with Gasteiger partial charge in [0.2, 0.25) is 0 Å². The number of hydrogen-bond acceptors (Lipinski definition) is 5. The zero-order valence-electron chi connectivity index (χ0n) is 11.4. The standard InChI is InChI=1S/C15H12BrNO4S/c16-14-4-2-1-3-11(14)9-21-15(18)10-22-13-7-5-12(6-8-13)17(19)20/h1-8H,9-10H2. The van der Waals surface area contributed by atoms with Crippen LogP contribution in [0, 0.1) is 10.1 Å². The van der Waals surface area contributed by atoms with Crippen LogP contribution in [-0.2, 0) is 16.1 Å². The van der Waals surface area contributed by atoms with Gasteiger partial charge in [-0.2, -0.15) is 0 Å². The van der Waals surface area contributed by atoms with Gasteiger partial charge < -0.3 is 4.74 Å². The van der Waals surface area contributed by atoms with Crippen LogP contribution in [-0.4, -0.2) is 16.6 Å². The van der Waals surface area contributed by atoms with E-state index in [1.165, 1.54) is 23.9 Å². The molecule has 0 aromatic heterocycles. The van der Waals surface area contributed by atoms with E-state index in [1.54, 1.807) is 12.1 Å². The maximum absolute atomic E-state index is 11.7. The molecule has 0 amide bonds. The number of carbonyl (C=O) groups is 1. The van der Waals surface area contributed by atoms with Crippen molar-refractivity contribution >= 4 is 39.3 Å². The van der Waals surface area contributed by atoms with Crippen LogP contribution in [0.15, 0.2) is 57.9 Å². The summed E-state index contributed by atoms with van der Waals surface area (Å²) in [5, 5.41) is 10.5. The first kappa shape index (κ1) is 16.5. The smallest absolute Gasteiger partial charge is 0.316 e. The molecule has 0 heterocycles. The van der Waals surface area contributed by atoms with Crippen LogP contribution in [0.1, 0.15) is 5.56 Å². The summed E-state index contributed by atoms with van der Waals surface area (Å²) in [4.78, 5) is 22.6. The van der Waals surface area contributed by atoms with Gasteiger partial charge in [0.15, 0.2) is 0 Å². The molecular weight excluding hydrogens is 370 g/mol. The summed E-state index contributed by atoms with van der Waals surface area (Å²) in [6.07, 6.45) is 0. The van der Waals surface area contributed by atoms with Gasteiger partial charge in [-0.3, -0.25) is 14.9 Å². The number of rotatable bonds is 6. The zero-order chi connectivity index (χ0) is 15.9. The first-order valence-electron chi connectivity index (χ1n) is 6.32. The fourth-order valence-corrected chi connectivity index (χ4v) is 2.72. The van der Waals surface area contributed by atoms with Gasteiger partial charge in [-0.25, -0.2) is 0 Å². The van der Waals surface area contributed by atoms with Crippen LogP contribution in [0.4, 0.5) is 5.69 Å². The lowest BCUT2D eigenvalue weighted by molar-refractivity contribution is -0.384. The Hall–Kier alpha value is -1.86. The number of hydrogen-bond donors (Lipinski definition) is 0. The summed E-state index contributed by atoms with van der Waals surface area (Å²) in [5.41, 5.74) is 0.928. The Kier molecular flexibility index (Phi) is 5.97. The largest absolute Gasteiger partial charge is 0.460 e. The van der Waals surface area contributed by atoms with Gasteiger partial charge in [-0.1, -0.05) is 34.1 Å². The van der Waals surface area contributed by atoms with Gasteiger partial charge in [-0.05, 0) is 18.2 Å². The lowest BCUT2D eigenvalue weighted by Gasteiger charge is -2.06. The summed E-state index contributed by atoms with van der Waals surface area (Å²) in [6.45, 7) is 0.209. The van der Waals surface area contributed by atoms with Crippen molar-refractivity contribution in [2.24, 2.45) is 0 Å². The molecule has 0 bridgehead atoms. The van der Waals surface area contributed by atoms with E-state index in [0.29, 0.717) is 0 Å². The quantitative estimate of drug-likeness (QED) is 0.324. The molecule has 114 valence electrons. The molecule has 5 nitrogen and oxygen atoms in total. The predicted molar refractivity (Wildman–Crippen MR) is 87.8 cm³/mol. The van der Waals surface area contributed by atoms with E-state index in [-0.39, 0.29) is 24.0 Å². The van der Waals surface area contributed by atoms with Crippen molar-refractivity contribution in [2.45, 2.75) is 11.5 Å². The summed E-state index contributed by atoms with van der Waals surface area (Å²) >= 11 is 4.67. The number of nitro groups is 1. The Bertz CT molecular complexity index is 675. The minimum Gasteiger partial charge on any atom is -0.460 e. The van der Waals surface area contributed by atoms with E-state index in [1.807, 2.05) is 24.3 Å². The lowest BCUT2D eigenvalue weighted by atomic mass is 10.2. The molecular formula is C15H12BrNO4S. The average Bonchev–Trinajstić information content (AvgIpc) is 2.52. The van der Waals surface area contributed by atoms with E-state index in [9.17, 15) is 14.9 Å². The number of esters is 1. The van der Waals surface area contributed by atoms with Crippen LogP contribution < -0.4 is 0 Å². The van der Waals surface area contributed by atoms with Crippen molar-refractivity contribution in [2.75, 3.05) is 5.75 Å². The van der Waals surface area contributed by atoms with Crippen LogP contribution in [0.2, 0.25) is 0 Å². The van der Waals surface area contributed by atoms with Crippen LogP contribution in [0.25, 0.3) is 0 Å². The third kappa shape index (κ3) is 4.85. The number of non-ortho nitro benzene ring substituents is 1. The number of benzene rings is 2. The molecule has 2 aromatic carbocycles. The van der Waals surface area contributed by atoms with Gasteiger partial charge in [0.05, 0.1) is 10.7 Å². The zero-order valence-corrected chi connectivity index (χ0v) is 13.8. The number of carbonyl (C=O) groups excluding carboxylic acids is 1. The minimum absolute atomic E-state index is 0.0286.